The molecule has 1 aliphatic rings. The van der Waals surface area contributed by atoms with Gasteiger partial charge in [0, 0.05) is 6.20 Å². The zero-order chi connectivity index (χ0) is 22.5. The molecule has 3 aromatic rings. The Labute approximate surface area is 189 Å². The normalized spacial score (nSPS) is 15.2. The summed E-state index contributed by atoms with van der Waals surface area (Å²) in [6.07, 6.45) is 3.82. The molecule has 0 saturated heterocycles. The third-order valence-electron chi connectivity index (χ3n) is 4.91. The van der Waals surface area contributed by atoms with Gasteiger partial charge in [0.15, 0.2) is 16.6 Å². The third kappa shape index (κ3) is 4.18. The predicted molar refractivity (Wildman–Crippen MR) is 124 cm³/mol. The smallest absolute Gasteiger partial charge is 0.299 e. The fourth-order valence-corrected chi connectivity index (χ4v) is 4.43. The molecule has 1 aromatic heterocycles. The van der Waals surface area contributed by atoms with Crippen LogP contribution in [0.3, 0.4) is 0 Å². The number of methoxy groups -OCH3 is 3. The lowest BCUT2D eigenvalue weighted by molar-refractivity contribution is 0.277. The van der Waals surface area contributed by atoms with Crippen LogP contribution in [0.4, 0.5) is 5.13 Å². The molecule has 0 radical (unpaired) electrons. The molecule has 164 valence electrons. The van der Waals surface area contributed by atoms with E-state index in [1.54, 1.807) is 27.5 Å². The molecule has 1 unspecified atom stereocenters. The lowest BCUT2D eigenvalue weighted by atomic mass is 10.2. The lowest BCUT2D eigenvalue weighted by Gasteiger charge is -2.30. The third-order valence-corrected chi connectivity index (χ3v) is 5.95. The number of hydrogen-bond donors (Lipinski definition) is 0. The molecule has 0 bridgehead atoms. The van der Waals surface area contributed by atoms with Crippen molar-refractivity contribution in [3.8, 4) is 23.3 Å². The summed E-state index contributed by atoms with van der Waals surface area (Å²) < 4.78 is 23.4. The van der Waals surface area contributed by atoms with Crippen LogP contribution < -0.4 is 19.1 Å². The molecule has 0 N–H and O–H groups in total. The Morgan fingerprint density at radius 2 is 1.84 bits per heavy atom. The number of rotatable bonds is 7. The molecule has 0 saturated carbocycles. The molecule has 1 atom stereocenters. The van der Waals surface area contributed by atoms with Crippen LogP contribution in [0, 0.1) is 11.3 Å². The maximum absolute atomic E-state index is 9.33. The summed E-state index contributed by atoms with van der Waals surface area (Å²) >= 11 is 1.53. The van der Waals surface area contributed by atoms with Crippen molar-refractivity contribution < 1.29 is 18.9 Å². The zero-order valence-corrected chi connectivity index (χ0v) is 18.8. The number of fused-ring (bicyclic) bond motifs is 1. The number of aliphatic imine (C=N–C) groups is 1. The van der Waals surface area contributed by atoms with Crippen LogP contribution in [0.15, 0.2) is 53.7 Å². The minimum absolute atomic E-state index is 0.212. The van der Waals surface area contributed by atoms with Crippen molar-refractivity contribution in [3.63, 3.8) is 0 Å². The summed E-state index contributed by atoms with van der Waals surface area (Å²) in [7, 11) is 4.70. The summed E-state index contributed by atoms with van der Waals surface area (Å²) in [4.78, 5) is 11.0. The highest BCUT2D eigenvalue weighted by molar-refractivity contribution is 7.22. The summed E-state index contributed by atoms with van der Waals surface area (Å²) in [5.74, 6) is 1.60. The van der Waals surface area contributed by atoms with E-state index in [0.29, 0.717) is 23.3 Å². The average Bonchev–Trinajstić information content (AvgIpc) is 3.26. The van der Waals surface area contributed by atoms with Crippen molar-refractivity contribution in [2.24, 2.45) is 4.99 Å². The van der Waals surface area contributed by atoms with Crippen LogP contribution in [-0.4, -0.2) is 38.4 Å². The first-order valence-electron chi connectivity index (χ1n) is 9.86. The second kappa shape index (κ2) is 9.58. The Balaban J connectivity index is 1.63. The van der Waals surface area contributed by atoms with Crippen molar-refractivity contribution >= 4 is 32.7 Å². The Kier molecular flexibility index (Phi) is 6.42. The van der Waals surface area contributed by atoms with Gasteiger partial charge in [0.05, 0.1) is 50.1 Å². The molecular formula is C23H22N4O4S. The van der Waals surface area contributed by atoms with E-state index in [0.717, 1.165) is 20.9 Å². The van der Waals surface area contributed by atoms with E-state index in [-0.39, 0.29) is 19.1 Å². The van der Waals surface area contributed by atoms with Crippen molar-refractivity contribution in [2.75, 3.05) is 26.2 Å². The molecular weight excluding hydrogens is 428 g/mol. The van der Waals surface area contributed by atoms with Crippen LogP contribution in [0.25, 0.3) is 10.2 Å². The van der Waals surface area contributed by atoms with Gasteiger partial charge >= 0.3 is 0 Å². The van der Waals surface area contributed by atoms with Gasteiger partial charge in [-0.1, -0.05) is 23.5 Å². The Bertz CT molecular complexity index is 1160. The van der Waals surface area contributed by atoms with Gasteiger partial charge in [-0.3, -0.25) is 4.90 Å². The van der Waals surface area contributed by atoms with Crippen LogP contribution in [-0.2, 0) is 11.3 Å². The molecule has 4 rings (SSSR count). The van der Waals surface area contributed by atoms with Gasteiger partial charge in [-0.2, -0.15) is 5.26 Å². The summed E-state index contributed by atoms with van der Waals surface area (Å²) in [5, 5.41) is 10.1. The van der Waals surface area contributed by atoms with E-state index in [4.69, 9.17) is 23.9 Å². The van der Waals surface area contributed by atoms with Crippen LogP contribution in [0.2, 0.25) is 0 Å². The van der Waals surface area contributed by atoms with E-state index in [1.165, 1.54) is 11.3 Å². The molecule has 0 spiro atoms. The monoisotopic (exact) mass is 450 g/mol. The van der Waals surface area contributed by atoms with Crippen molar-refractivity contribution in [1.82, 2.24) is 4.98 Å². The number of hydrogen-bond acceptors (Lipinski definition) is 9. The number of nitriles is 1. The Morgan fingerprint density at radius 3 is 2.50 bits per heavy atom. The first-order chi connectivity index (χ1) is 15.7. The van der Waals surface area contributed by atoms with E-state index in [1.807, 2.05) is 47.4 Å². The second-order valence-electron chi connectivity index (χ2n) is 6.84. The van der Waals surface area contributed by atoms with Gasteiger partial charge in [-0.15, -0.1) is 0 Å². The van der Waals surface area contributed by atoms with Gasteiger partial charge in [0.1, 0.15) is 6.61 Å². The molecule has 8 nitrogen and oxygen atoms in total. The van der Waals surface area contributed by atoms with E-state index >= 15 is 0 Å². The summed E-state index contributed by atoms with van der Waals surface area (Å²) in [6.45, 7) is 0.212. The standard InChI is InChI=1S/C23H22N4O4S/c1-28-18-12-15(13-19(29-2)21(18)30-3)14-31-22-25-11-9-16(8-10-24)27(22)23-26-17-6-4-5-7-20(17)32-23/h4-7,9,11-13,16H,8,14H2,1-3H3. The van der Waals surface area contributed by atoms with E-state index < -0.39 is 0 Å². The highest BCUT2D eigenvalue weighted by Crippen LogP contribution is 2.38. The van der Waals surface area contributed by atoms with Gasteiger partial charge in [0.25, 0.3) is 6.02 Å². The predicted octanol–water partition coefficient (Wildman–Crippen LogP) is 4.51. The largest absolute Gasteiger partial charge is 0.493 e. The summed E-state index contributed by atoms with van der Waals surface area (Å²) in [5.41, 5.74) is 1.71. The van der Waals surface area contributed by atoms with Crippen molar-refractivity contribution in [1.29, 1.82) is 5.26 Å². The van der Waals surface area contributed by atoms with Crippen molar-refractivity contribution in [2.45, 2.75) is 19.1 Å². The van der Waals surface area contributed by atoms with E-state index in [9.17, 15) is 5.26 Å². The Morgan fingerprint density at radius 1 is 1.09 bits per heavy atom. The number of para-hydroxylation sites is 1. The van der Waals surface area contributed by atoms with Crippen LogP contribution in [0.5, 0.6) is 17.2 Å². The number of thiazole rings is 1. The highest BCUT2D eigenvalue weighted by Gasteiger charge is 2.29. The molecule has 9 heteroatoms. The molecule has 2 aromatic carbocycles. The van der Waals surface area contributed by atoms with Gasteiger partial charge in [-0.25, -0.2) is 9.98 Å². The molecule has 0 aliphatic carbocycles. The molecule has 0 fully saturated rings. The molecule has 0 amide bonds. The topological polar surface area (TPSA) is 89.2 Å². The molecule has 2 heterocycles. The molecule has 32 heavy (non-hydrogen) atoms. The Hall–Kier alpha value is -3.77. The number of ether oxygens (including phenoxy) is 4. The fraction of sp³-hybridized carbons (Fsp3) is 0.261. The lowest BCUT2D eigenvalue weighted by Crippen LogP contribution is -2.42. The van der Waals surface area contributed by atoms with Crippen LogP contribution in [0.1, 0.15) is 12.0 Å². The zero-order valence-electron chi connectivity index (χ0n) is 17.9. The molecule has 1 aliphatic heterocycles. The minimum atomic E-state index is -0.229. The second-order valence-corrected chi connectivity index (χ2v) is 7.85. The first kappa shape index (κ1) is 21.5. The first-order valence-corrected chi connectivity index (χ1v) is 10.7. The van der Waals surface area contributed by atoms with Gasteiger partial charge in [-0.05, 0) is 35.9 Å². The fourth-order valence-electron chi connectivity index (χ4n) is 3.41. The minimum Gasteiger partial charge on any atom is -0.493 e. The van der Waals surface area contributed by atoms with Gasteiger partial charge in [0.2, 0.25) is 5.75 Å². The maximum Gasteiger partial charge on any atom is 0.299 e. The van der Waals surface area contributed by atoms with E-state index in [2.05, 4.69) is 11.1 Å². The number of nitrogens with zero attached hydrogens (tertiary/aromatic N) is 4. The SMILES string of the molecule is COc1cc(COC2=NC=CC(CC#N)N2c2nc3ccccc3s2)cc(OC)c1OC. The number of anilines is 1. The average molecular weight is 451 g/mol. The van der Waals surface area contributed by atoms with Crippen LogP contribution >= 0.6 is 11.3 Å². The maximum atomic E-state index is 9.33. The number of aromatic nitrogens is 1. The summed E-state index contributed by atoms with van der Waals surface area (Å²) in [6, 6.07) is 13.9. The quantitative estimate of drug-likeness (QED) is 0.523. The van der Waals surface area contributed by atoms with Gasteiger partial charge < -0.3 is 18.9 Å². The highest BCUT2D eigenvalue weighted by atomic mass is 32.1. The number of amidine groups is 1. The number of benzene rings is 2. The van der Waals surface area contributed by atoms with Crippen molar-refractivity contribution in [3.05, 3.63) is 54.2 Å².